The first-order chi connectivity index (χ1) is 8.45. The number of aromatic nitrogens is 2. The highest BCUT2D eigenvalue weighted by molar-refractivity contribution is 9.10. The summed E-state index contributed by atoms with van der Waals surface area (Å²) >= 11 is 20.8. The van der Waals surface area contributed by atoms with E-state index >= 15 is 0 Å². The maximum absolute atomic E-state index is 5.96. The largest absolute Gasteiger partial charge is 0.423 e. The van der Waals surface area contributed by atoms with Crippen LogP contribution in [0.1, 0.15) is 0 Å². The Labute approximate surface area is 126 Å². The summed E-state index contributed by atoms with van der Waals surface area (Å²) in [6.45, 7) is 0. The monoisotopic (exact) mass is 367 g/mol. The number of hydrogen-bond donors (Lipinski definition) is 1. The molecule has 1 heterocycles. The molecule has 0 aliphatic rings. The molecule has 18 heavy (non-hydrogen) atoms. The standard InChI is InChI=1S/C10H5BrCl3N3O/c11-8-3-9(15)17-10(16-8)18-7-2-5(13)4(12)1-6(7)14/h1-3H,(H2,15,16,17). The second-order valence-corrected chi connectivity index (χ2v) is 5.23. The molecule has 2 aromatic rings. The van der Waals surface area contributed by atoms with Crippen molar-refractivity contribution in [2.24, 2.45) is 0 Å². The van der Waals surface area contributed by atoms with E-state index < -0.39 is 0 Å². The van der Waals surface area contributed by atoms with Crippen LogP contribution < -0.4 is 10.5 Å². The summed E-state index contributed by atoms with van der Waals surface area (Å²) < 4.78 is 5.90. The second kappa shape index (κ2) is 5.48. The van der Waals surface area contributed by atoms with E-state index in [0.29, 0.717) is 25.4 Å². The number of rotatable bonds is 2. The molecule has 0 spiro atoms. The SMILES string of the molecule is Nc1cc(Br)nc(Oc2cc(Cl)c(Cl)cc2Cl)n1. The van der Waals surface area contributed by atoms with E-state index in [1.807, 2.05) is 0 Å². The number of halogens is 4. The van der Waals surface area contributed by atoms with Gasteiger partial charge in [0, 0.05) is 12.1 Å². The number of benzene rings is 1. The molecule has 8 heteroatoms. The average molecular weight is 369 g/mol. The fraction of sp³-hybridized carbons (Fsp3) is 0. The lowest BCUT2D eigenvalue weighted by molar-refractivity contribution is 0.442. The molecule has 0 radical (unpaired) electrons. The smallest absolute Gasteiger partial charge is 0.325 e. The molecule has 0 saturated heterocycles. The Morgan fingerprint density at radius 1 is 1.00 bits per heavy atom. The number of ether oxygens (including phenoxy) is 1. The highest BCUT2D eigenvalue weighted by atomic mass is 79.9. The van der Waals surface area contributed by atoms with Crippen molar-refractivity contribution in [1.29, 1.82) is 0 Å². The Morgan fingerprint density at radius 2 is 1.67 bits per heavy atom. The van der Waals surface area contributed by atoms with Gasteiger partial charge in [0.1, 0.15) is 10.4 Å². The lowest BCUT2D eigenvalue weighted by Crippen LogP contribution is -1.97. The van der Waals surface area contributed by atoms with Gasteiger partial charge in [-0.1, -0.05) is 34.8 Å². The minimum Gasteiger partial charge on any atom is -0.423 e. The lowest BCUT2D eigenvalue weighted by Gasteiger charge is -2.07. The van der Waals surface area contributed by atoms with E-state index in [1.54, 1.807) is 6.07 Å². The third kappa shape index (κ3) is 3.17. The topological polar surface area (TPSA) is 61.0 Å². The van der Waals surface area contributed by atoms with Crippen LogP contribution >= 0.6 is 50.7 Å². The second-order valence-electron chi connectivity index (χ2n) is 3.20. The van der Waals surface area contributed by atoms with E-state index in [0.717, 1.165) is 0 Å². The van der Waals surface area contributed by atoms with Crippen molar-refractivity contribution in [3.05, 3.63) is 37.9 Å². The molecule has 1 aromatic carbocycles. The summed E-state index contributed by atoms with van der Waals surface area (Å²) in [7, 11) is 0. The van der Waals surface area contributed by atoms with Crippen LogP contribution in [0.4, 0.5) is 5.82 Å². The van der Waals surface area contributed by atoms with Crippen LogP contribution in [0.2, 0.25) is 15.1 Å². The Hall–Kier alpha value is -0.750. The number of hydrogen-bond acceptors (Lipinski definition) is 4. The Kier molecular flexibility index (Phi) is 4.17. The van der Waals surface area contributed by atoms with Crippen LogP contribution in [0.3, 0.4) is 0 Å². The first-order valence-electron chi connectivity index (χ1n) is 4.58. The van der Waals surface area contributed by atoms with Crippen molar-refractivity contribution in [2.75, 3.05) is 5.73 Å². The fourth-order valence-corrected chi connectivity index (χ4v) is 2.10. The van der Waals surface area contributed by atoms with Gasteiger partial charge < -0.3 is 10.5 Å². The number of nitrogen functional groups attached to an aromatic ring is 1. The van der Waals surface area contributed by atoms with Gasteiger partial charge >= 0.3 is 6.01 Å². The molecule has 0 aliphatic heterocycles. The molecule has 0 unspecified atom stereocenters. The summed E-state index contributed by atoms with van der Waals surface area (Å²) in [5.41, 5.74) is 5.56. The quantitative estimate of drug-likeness (QED) is 0.622. The van der Waals surface area contributed by atoms with Gasteiger partial charge in [-0.3, -0.25) is 0 Å². The highest BCUT2D eigenvalue weighted by Crippen LogP contribution is 2.35. The van der Waals surface area contributed by atoms with Crippen molar-refractivity contribution < 1.29 is 4.74 Å². The molecule has 0 amide bonds. The van der Waals surface area contributed by atoms with Crippen molar-refractivity contribution in [2.45, 2.75) is 0 Å². The maximum Gasteiger partial charge on any atom is 0.325 e. The minimum atomic E-state index is 0.0576. The molecule has 0 bridgehead atoms. The van der Waals surface area contributed by atoms with Crippen molar-refractivity contribution >= 4 is 56.6 Å². The van der Waals surface area contributed by atoms with Crippen molar-refractivity contribution in [3.63, 3.8) is 0 Å². The molecule has 2 N–H and O–H groups in total. The predicted octanol–water partition coefficient (Wildman–Crippen LogP) is 4.57. The van der Waals surface area contributed by atoms with E-state index in [2.05, 4.69) is 25.9 Å². The van der Waals surface area contributed by atoms with Gasteiger partial charge in [0.15, 0.2) is 5.75 Å². The molecule has 1 aromatic heterocycles. The van der Waals surface area contributed by atoms with Gasteiger partial charge in [-0.05, 0) is 22.0 Å². The Balaban J connectivity index is 2.36. The third-order valence-corrected chi connectivity index (χ3v) is 3.29. The summed E-state index contributed by atoms with van der Waals surface area (Å²) in [5.74, 6) is 0.562. The van der Waals surface area contributed by atoms with Gasteiger partial charge in [-0.2, -0.15) is 9.97 Å². The molecule has 0 aliphatic carbocycles. The molecular weight excluding hydrogens is 364 g/mol. The Morgan fingerprint density at radius 3 is 2.33 bits per heavy atom. The summed E-state index contributed by atoms with van der Waals surface area (Å²) in [6, 6.07) is 4.56. The molecule has 2 rings (SSSR count). The van der Waals surface area contributed by atoms with Crippen molar-refractivity contribution in [1.82, 2.24) is 9.97 Å². The van der Waals surface area contributed by atoms with Crippen LogP contribution in [-0.4, -0.2) is 9.97 Å². The maximum atomic E-state index is 5.96. The number of nitrogens with zero attached hydrogens (tertiary/aromatic N) is 2. The van der Waals surface area contributed by atoms with E-state index in [-0.39, 0.29) is 11.8 Å². The van der Waals surface area contributed by atoms with Gasteiger partial charge in [-0.15, -0.1) is 0 Å². The van der Waals surface area contributed by atoms with E-state index in [1.165, 1.54) is 12.1 Å². The summed E-state index contributed by atoms with van der Waals surface area (Å²) in [6.07, 6.45) is 0. The molecule has 0 fully saturated rings. The van der Waals surface area contributed by atoms with Crippen molar-refractivity contribution in [3.8, 4) is 11.8 Å². The zero-order chi connectivity index (χ0) is 13.3. The number of anilines is 1. The lowest BCUT2D eigenvalue weighted by atomic mass is 10.3. The third-order valence-electron chi connectivity index (χ3n) is 1.87. The Bertz CT molecular complexity index is 589. The molecule has 0 saturated carbocycles. The predicted molar refractivity (Wildman–Crippen MR) is 75.7 cm³/mol. The summed E-state index contributed by atoms with van der Waals surface area (Å²) in [5, 5.41) is 0.953. The minimum absolute atomic E-state index is 0.0576. The zero-order valence-electron chi connectivity index (χ0n) is 8.62. The van der Waals surface area contributed by atoms with Crippen LogP contribution in [0, 0.1) is 0 Å². The molecule has 4 nitrogen and oxygen atoms in total. The zero-order valence-corrected chi connectivity index (χ0v) is 12.5. The average Bonchev–Trinajstić information content (AvgIpc) is 2.24. The highest BCUT2D eigenvalue weighted by Gasteiger charge is 2.10. The first kappa shape index (κ1) is 13.7. The first-order valence-corrected chi connectivity index (χ1v) is 6.51. The van der Waals surface area contributed by atoms with Gasteiger partial charge in [0.2, 0.25) is 0 Å². The molecule has 0 atom stereocenters. The number of nitrogens with two attached hydrogens (primary N) is 1. The normalized spacial score (nSPS) is 10.4. The molecular formula is C10H5BrCl3N3O. The fourth-order valence-electron chi connectivity index (χ4n) is 1.14. The van der Waals surface area contributed by atoms with Gasteiger partial charge in [0.25, 0.3) is 0 Å². The van der Waals surface area contributed by atoms with E-state index in [9.17, 15) is 0 Å². The van der Waals surface area contributed by atoms with Crippen LogP contribution in [0.25, 0.3) is 0 Å². The summed E-state index contributed by atoms with van der Waals surface area (Å²) in [4.78, 5) is 7.89. The van der Waals surface area contributed by atoms with E-state index in [4.69, 9.17) is 45.3 Å². The molecule has 94 valence electrons. The van der Waals surface area contributed by atoms with Gasteiger partial charge in [-0.25, -0.2) is 0 Å². The van der Waals surface area contributed by atoms with Crippen LogP contribution in [-0.2, 0) is 0 Å². The van der Waals surface area contributed by atoms with Gasteiger partial charge in [0.05, 0.1) is 15.1 Å². The van der Waals surface area contributed by atoms with Crippen LogP contribution in [0.15, 0.2) is 22.8 Å². The van der Waals surface area contributed by atoms with Crippen LogP contribution in [0.5, 0.6) is 11.8 Å².